The van der Waals surface area contributed by atoms with E-state index in [-0.39, 0.29) is 12.5 Å². The van der Waals surface area contributed by atoms with Gasteiger partial charge in [-0.2, -0.15) is 0 Å². The topological polar surface area (TPSA) is 73.6 Å². The number of anilines is 1. The van der Waals surface area contributed by atoms with Gasteiger partial charge in [0.2, 0.25) is 6.79 Å². The first kappa shape index (κ1) is 12.3. The van der Waals surface area contributed by atoms with E-state index in [1.54, 1.807) is 12.1 Å². The predicted molar refractivity (Wildman–Crippen MR) is 73.0 cm³/mol. The average molecular weight is 272 g/mol. The van der Waals surface area contributed by atoms with Gasteiger partial charge in [0.1, 0.15) is 0 Å². The van der Waals surface area contributed by atoms with Crippen LogP contribution in [0.5, 0.6) is 11.5 Å². The van der Waals surface area contributed by atoms with Gasteiger partial charge in [0.25, 0.3) is 5.69 Å². The van der Waals surface area contributed by atoms with Crippen LogP contribution in [0.15, 0.2) is 42.5 Å². The van der Waals surface area contributed by atoms with Crippen LogP contribution in [0.25, 0.3) is 0 Å². The lowest BCUT2D eigenvalue weighted by molar-refractivity contribution is -0.384. The maximum Gasteiger partial charge on any atom is 0.269 e. The standard InChI is InChI=1S/C14H12N2O4/c17-16(18)12-3-1-2-10(6-12)8-15-11-4-5-13-14(7-11)20-9-19-13/h1-7,15H,8-9H2. The molecular formula is C14H12N2O4. The van der Waals surface area contributed by atoms with Crippen LogP contribution < -0.4 is 14.8 Å². The van der Waals surface area contributed by atoms with Gasteiger partial charge < -0.3 is 14.8 Å². The highest BCUT2D eigenvalue weighted by Gasteiger charge is 2.13. The zero-order valence-electron chi connectivity index (χ0n) is 10.5. The van der Waals surface area contributed by atoms with E-state index >= 15 is 0 Å². The molecule has 0 spiro atoms. The Bertz CT molecular complexity index is 657. The fourth-order valence-electron chi connectivity index (χ4n) is 1.99. The molecule has 0 radical (unpaired) electrons. The minimum absolute atomic E-state index is 0.0926. The molecule has 1 aliphatic heterocycles. The van der Waals surface area contributed by atoms with Gasteiger partial charge in [-0.1, -0.05) is 12.1 Å². The molecule has 3 rings (SSSR count). The van der Waals surface area contributed by atoms with Crippen molar-refractivity contribution < 1.29 is 14.4 Å². The molecule has 6 heteroatoms. The van der Waals surface area contributed by atoms with Gasteiger partial charge in [-0.3, -0.25) is 10.1 Å². The number of benzene rings is 2. The molecule has 1 aliphatic rings. The third-order valence-electron chi connectivity index (χ3n) is 2.99. The molecule has 0 saturated carbocycles. The van der Waals surface area contributed by atoms with Gasteiger partial charge in [-0.05, 0) is 17.7 Å². The summed E-state index contributed by atoms with van der Waals surface area (Å²) in [5.74, 6) is 1.43. The van der Waals surface area contributed by atoms with Crippen LogP contribution >= 0.6 is 0 Å². The van der Waals surface area contributed by atoms with E-state index < -0.39 is 4.92 Å². The van der Waals surface area contributed by atoms with E-state index in [9.17, 15) is 10.1 Å². The van der Waals surface area contributed by atoms with Crippen LogP contribution in [0.2, 0.25) is 0 Å². The highest BCUT2D eigenvalue weighted by molar-refractivity contribution is 5.55. The summed E-state index contributed by atoms with van der Waals surface area (Å²) in [6, 6.07) is 12.1. The second-order valence-corrected chi connectivity index (χ2v) is 4.35. The van der Waals surface area contributed by atoms with Crippen LogP contribution in [0.3, 0.4) is 0 Å². The van der Waals surface area contributed by atoms with Crippen LogP contribution in [0.1, 0.15) is 5.56 Å². The Morgan fingerprint density at radius 3 is 2.85 bits per heavy atom. The quantitative estimate of drug-likeness (QED) is 0.684. The van der Waals surface area contributed by atoms with E-state index in [1.807, 2.05) is 24.3 Å². The van der Waals surface area contributed by atoms with E-state index in [0.717, 1.165) is 17.0 Å². The predicted octanol–water partition coefficient (Wildman–Crippen LogP) is 2.94. The van der Waals surface area contributed by atoms with Crippen molar-refractivity contribution in [1.82, 2.24) is 0 Å². The minimum Gasteiger partial charge on any atom is -0.454 e. The van der Waals surface area contributed by atoms with E-state index in [2.05, 4.69) is 5.32 Å². The molecule has 0 atom stereocenters. The monoisotopic (exact) mass is 272 g/mol. The van der Waals surface area contributed by atoms with Crippen LogP contribution in [-0.2, 0) is 6.54 Å². The first-order valence-corrected chi connectivity index (χ1v) is 6.09. The Labute approximate surface area is 115 Å². The third-order valence-corrected chi connectivity index (χ3v) is 2.99. The van der Waals surface area contributed by atoms with E-state index in [4.69, 9.17) is 9.47 Å². The highest BCUT2D eigenvalue weighted by atomic mass is 16.7. The first-order chi connectivity index (χ1) is 9.72. The van der Waals surface area contributed by atoms with Gasteiger partial charge in [0.05, 0.1) is 4.92 Å². The minimum atomic E-state index is -0.399. The summed E-state index contributed by atoms with van der Waals surface area (Å²) in [6.45, 7) is 0.741. The molecule has 0 fully saturated rings. The first-order valence-electron chi connectivity index (χ1n) is 6.09. The van der Waals surface area contributed by atoms with Crippen molar-refractivity contribution >= 4 is 11.4 Å². The van der Waals surface area contributed by atoms with Gasteiger partial charge in [0.15, 0.2) is 11.5 Å². The molecule has 0 amide bonds. The van der Waals surface area contributed by atoms with Gasteiger partial charge in [0, 0.05) is 30.4 Å². The maximum absolute atomic E-state index is 10.7. The van der Waals surface area contributed by atoms with Crippen molar-refractivity contribution in [2.45, 2.75) is 6.54 Å². The molecular weight excluding hydrogens is 260 g/mol. The molecule has 2 aromatic rings. The van der Waals surface area contributed by atoms with E-state index in [1.165, 1.54) is 6.07 Å². The molecule has 6 nitrogen and oxygen atoms in total. The number of non-ortho nitro benzene ring substituents is 1. The molecule has 1 heterocycles. The molecule has 0 aliphatic carbocycles. The number of ether oxygens (including phenoxy) is 2. The van der Waals surface area contributed by atoms with Crippen molar-refractivity contribution in [2.75, 3.05) is 12.1 Å². The Morgan fingerprint density at radius 1 is 1.15 bits per heavy atom. The second kappa shape index (κ2) is 5.08. The van der Waals surface area contributed by atoms with Crippen molar-refractivity contribution in [2.24, 2.45) is 0 Å². The average Bonchev–Trinajstić information content (AvgIpc) is 2.93. The summed E-state index contributed by atoms with van der Waals surface area (Å²) in [4.78, 5) is 10.3. The van der Waals surface area contributed by atoms with E-state index in [0.29, 0.717) is 12.3 Å². The summed E-state index contributed by atoms with van der Waals surface area (Å²) in [6.07, 6.45) is 0. The zero-order valence-corrected chi connectivity index (χ0v) is 10.5. The number of nitro groups is 1. The highest BCUT2D eigenvalue weighted by Crippen LogP contribution is 2.34. The second-order valence-electron chi connectivity index (χ2n) is 4.35. The maximum atomic E-state index is 10.7. The van der Waals surface area contributed by atoms with Crippen molar-refractivity contribution in [3.05, 3.63) is 58.1 Å². The number of hydrogen-bond donors (Lipinski definition) is 1. The van der Waals surface area contributed by atoms with Crippen molar-refractivity contribution in [3.8, 4) is 11.5 Å². The number of nitrogens with zero attached hydrogens (tertiary/aromatic N) is 1. The number of hydrogen-bond acceptors (Lipinski definition) is 5. The van der Waals surface area contributed by atoms with Crippen molar-refractivity contribution in [1.29, 1.82) is 0 Å². The lowest BCUT2D eigenvalue weighted by atomic mass is 10.2. The summed E-state index contributed by atoms with van der Waals surface area (Å²) >= 11 is 0. The molecule has 0 bridgehead atoms. The van der Waals surface area contributed by atoms with Crippen LogP contribution in [0.4, 0.5) is 11.4 Å². The number of nitro benzene ring substituents is 1. The van der Waals surface area contributed by atoms with Crippen molar-refractivity contribution in [3.63, 3.8) is 0 Å². The Kier molecular flexibility index (Phi) is 3.12. The molecule has 1 N–H and O–H groups in total. The van der Waals surface area contributed by atoms with Gasteiger partial charge >= 0.3 is 0 Å². The molecule has 0 aromatic heterocycles. The molecule has 2 aromatic carbocycles. The smallest absolute Gasteiger partial charge is 0.269 e. The fraction of sp³-hybridized carbons (Fsp3) is 0.143. The Balaban J connectivity index is 1.70. The summed E-state index contributed by atoms with van der Waals surface area (Å²) in [7, 11) is 0. The molecule has 0 unspecified atom stereocenters. The van der Waals surface area contributed by atoms with Crippen LogP contribution in [0, 0.1) is 10.1 Å². The van der Waals surface area contributed by atoms with Gasteiger partial charge in [-0.15, -0.1) is 0 Å². The Hall–Kier alpha value is -2.76. The number of rotatable bonds is 4. The zero-order chi connectivity index (χ0) is 13.9. The molecule has 0 saturated heterocycles. The summed E-state index contributed by atoms with van der Waals surface area (Å²) in [5, 5.41) is 13.9. The lowest BCUT2D eigenvalue weighted by Crippen LogP contribution is -2.00. The van der Waals surface area contributed by atoms with Crippen LogP contribution in [-0.4, -0.2) is 11.7 Å². The SMILES string of the molecule is O=[N+]([O-])c1cccc(CNc2ccc3c(c2)OCO3)c1. The molecule has 102 valence electrons. The number of fused-ring (bicyclic) bond motifs is 1. The third kappa shape index (κ3) is 2.49. The normalized spacial score (nSPS) is 12.2. The summed E-state index contributed by atoms with van der Waals surface area (Å²) < 4.78 is 10.5. The largest absolute Gasteiger partial charge is 0.454 e. The van der Waals surface area contributed by atoms with Gasteiger partial charge in [-0.25, -0.2) is 0 Å². The molecule has 20 heavy (non-hydrogen) atoms. The number of nitrogens with one attached hydrogen (secondary N) is 1. The summed E-state index contributed by atoms with van der Waals surface area (Å²) in [5.41, 5.74) is 1.81. The lowest BCUT2D eigenvalue weighted by Gasteiger charge is -2.07. The Morgan fingerprint density at radius 2 is 2.00 bits per heavy atom. The fourth-order valence-corrected chi connectivity index (χ4v) is 1.99.